The maximum absolute atomic E-state index is 9.04. The highest BCUT2D eigenvalue weighted by Gasteiger charge is 2.25. The average molecular weight is 358 g/mol. The van der Waals surface area contributed by atoms with Crippen LogP contribution in [0, 0.1) is 11.3 Å². The first-order valence-corrected chi connectivity index (χ1v) is 9.38. The third-order valence-corrected chi connectivity index (χ3v) is 5.09. The van der Waals surface area contributed by atoms with Crippen LogP contribution in [0.2, 0.25) is 0 Å². The van der Waals surface area contributed by atoms with E-state index in [9.17, 15) is 0 Å². The first kappa shape index (κ1) is 17.4. The lowest BCUT2D eigenvalue weighted by Gasteiger charge is -2.30. The molecular weight excluding hydrogens is 336 g/mol. The molecule has 1 saturated heterocycles. The fraction of sp³-hybridized carbons (Fsp3) is 0.318. The predicted octanol–water partition coefficient (Wildman–Crippen LogP) is 3.91. The van der Waals surface area contributed by atoms with E-state index in [0.29, 0.717) is 12.3 Å². The molecule has 1 fully saturated rings. The second kappa shape index (κ2) is 8.15. The highest BCUT2D eigenvalue weighted by molar-refractivity contribution is 5.32. The quantitative estimate of drug-likeness (QED) is 0.692. The van der Waals surface area contributed by atoms with Crippen LogP contribution in [0.15, 0.2) is 59.1 Å². The molecule has 0 spiro atoms. The number of benzene rings is 2. The van der Waals surface area contributed by atoms with Gasteiger partial charge in [-0.1, -0.05) is 47.6 Å². The lowest BCUT2D eigenvalue weighted by atomic mass is 9.96. The van der Waals surface area contributed by atoms with Gasteiger partial charge in [0.1, 0.15) is 0 Å². The second-order valence-electron chi connectivity index (χ2n) is 7.07. The lowest BCUT2D eigenvalue weighted by Crippen LogP contribution is -2.32. The van der Waals surface area contributed by atoms with Crippen LogP contribution in [0.3, 0.4) is 0 Å². The molecule has 1 aliphatic heterocycles. The summed E-state index contributed by atoms with van der Waals surface area (Å²) in [5, 5.41) is 13.2. The fourth-order valence-electron chi connectivity index (χ4n) is 3.62. The van der Waals surface area contributed by atoms with Crippen molar-refractivity contribution in [3.63, 3.8) is 0 Å². The summed E-state index contributed by atoms with van der Waals surface area (Å²) in [5.41, 5.74) is 3.11. The molecule has 0 unspecified atom stereocenters. The van der Waals surface area contributed by atoms with Crippen molar-refractivity contribution in [2.24, 2.45) is 0 Å². The highest BCUT2D eigenvalue weighted by Crippen LogP contribution is 2.27. The SMILES string of the molecule is N#Cc1cccc(CN2CCC(c3nc(Cc4ccccc4)no3)CC2)c1. The van der Waals surface area contributed by atoms with E-state index in [4.69, 9.17) is 9.78 Å². The van der Waals surface area contributed by atoms with Gasteiger partial charge in [-0.2, -0.15) is 10.2 Å². The number of aromatic nitrogens is 2. The van der Waals surface area contributed by atoms with E-state index in [2.05, 4.69) is 39.3 Å². The van der Waals surface area contributed by atoms with Crippen molar-refractivity contribution in [1.29, 1.82) is 5.26 Å². The van der Waals surface area contributed by atoms with Crippen molar-refractivity contribution < 1.29 is 4.52 Å². The van der Waals surface area contributed by atoms with E-state index in [0.717, 1.165) is 49.8 Å². The van der Waals surface area contributed by atoms with E-state index < -0.39 is 0 Å². The topological polar surface area (TPSA) is 66.0 Å². The molecule has 1 aliphatic rings. The summed E-state index contributed by atoms with van der Waals surface area (Å²) in [6.07, 6.45) is 2.74. The molecule has 2 aromatic carbocycles. The van der Waals surface area contributed by atoms with Gasteiger partial charge >= 0.3 is 0 Å². The molecule has 2 heterocycles. The summed E-state index contributed by atoms with van der Waals surface area (Å²) in [5.74, 6) is 1.86. The predicted molar refractivity (Wildman–Crippen MR) is 102 cm³/mol. The first-order valence-electron chi connectivity index (χ1n) is 9.38. The zero-order valence-corrected chi connectivity index (χ0v) is 15.2. The summed E-state index contributed by atoms with van der Waals surface area (Å²) in [4.78, 5) is 7.05. The van der Waals surface area contributed by atoms with E-state index in [1.165, 1.54) is 11.1 Å². The zero-order valence-electron chi connectivity index (χ0n) is 15.2. The zero-order chi connectivity index (χ0) is 18.5. The van der Waals surface area contributed by atoms with Crippen molar-refractivity contribution in [3.05, 3.63) is 83.0 Å². The summed E-state index contributed by atoms with van der Waals surface area (Å²) in [6, 6.07) is 20.3. The minimum atomic E-state index is 0.337. The summed E-state index contributed by atoms with van der Waals surface area (Å²) in [7, 11) is 0. The minimum absolute atomic E-state index is 0.337. The van der Waals surface area contributed by atoms with Gasteiger partial charge in [0.2, 0.25) is 5.89 Å². The Balaban J connectivity index is 1.32. The average Bonchev–Trinajstić information content (AvgIpc) is 3.18. The lowest BCUT2D eigenvalue weighted by molar-refractivity contribution is 0.187. The Bertz CT molecular complexity index is 921. The number of nitrogens with zero attached hydrogens (tertiary/aromatic N) is 4. The molecule has 0 radical (unpaired) electrons. The monoisotopic (exact) mass is 358 g/mol. The van der Waals surface area contributed by atoms with Gasteiger partial charge in [-0.3, -0.25) is 4.90 Å². The molecule has 27 heavy (non-hydrogen) atoms. The van der Waals surface area contributed by atoms with Crippen molar-refractivity contribution in [3.8, 4) is 6.07 Å². The molecule has 0 bridgehead atoms. The van der Waals surface area contributed by atoms with Gasteiger partial charge in [0.25, 0.3) is 0 Å². The maximum Gasteiger partial charge on any atom is 0.229 e. The number of piperidine rings is 1. The largest absolute Gasteiger partial charge is 0.339 e. The van der Waals surface area contributed by atoms with Gasteiger partial charge in [-0.05, 0) is 49.2 Å². The Morgan fingerprint density at radius 1 is 1.04 bits per heavy atom. The van der Waals surface area contributed by atoms with Crippen LogP contribution >= 0.6 is 0 Å². The molecular formula is C22H22N4O. The molecule has 4 rings (SSSR count). The van der Waals surface area contributed by atoms with Gasteiger partial charge in [0.05, 0.1) is 11.6 Å². The first-order chi connectivity index (χ1) is 13.3. The number of hydrogen-bond acceptors (Lipinski definition) is 5. The number of likely N-dealkylation sites (tertiary alicyclic amines) is 1. The third-order valence-electron chi connectivity index (χ3n) is 5.09. The van der Waals surface area contributed by atoms with Crippen molar-refractivity contribution in [2.75, 3.05) is 13.1 Å². The Labute approximate surface area is 159 Å². The van der Waals surface area contributed by atoms with E-state index in [1.54, 1.807) is 0 Å². The third kappa shape index (κ3) is 4.42. The Morgan fingerprint density at radius 3 is 2.59 bits per heavy atom. The fourth-order valence-corrected chi connectivity index (χ4v) is 3.62. The standard InChI is InChI=1S/C22H22N4O/c23-15-18-7-4-8-19(13-18)16-26-11-9-20(10-12-26)22-24-21(25-27-22)14-17-5-2-1-3-6-17/h1-8,13,20H,9-12,14,16H2. The molecule has 0 N–H and O–H groups in total. The van der Waals surface area contributed by atoms with Gasteiger partial charge in [-0.15, -0.1) is 0 Å². The Morgan fingerprint density at radius 2 is 1.81 bits per heavy atom. The van der Waals surface area contributed by atoms with Gasteiger partial charge in [0.15, 0.2) is 5.82 Å². The van der Waals surface area contributed by atoms with Crippen LogP contribution in [0.25, 0.3) is 0 Å². The molecule has 5 heteroatoms. The highest BCUT2D eigenvalue weighted by atomic mass is 16.5. The van der Waals surface area contributed by atoms with Crippen LogP contribution in [0.1, 0.15) is 47.2 Å². The molecule has 5 nitrogen and oxygen atoms in total. The molecule has 0 aliphatic carbocycles. The van der Waals surface area contributed by atoms with E-state index in [1.807, 2.05) is 36.4 Å². The van der Waals surface area contributed by atoms with Crippen LogP contribution in [0.5, 0.6) is 0 Å². The van der Waals surface area contributed by atoms with Crippen LogP contribution in [-0.4, -0.2) is 28.1 Å². The normalized spacial score (nSPS) is 15.5. The van der Waals surface area contributed by atoms with Crippen LogP contribution < -0.4 is 0 Å². The van der Waals surface area contributed by atoms with E-state index >= 15 is 0 Å². The van der Waals surface area contributed by atoms with Gasteiger partial charge in [0, 0.05) is 18.9 Å². The molecule has 3 aromatic rings. The minimum Gasteiger partial charge on any atom is -0.339 e. The number of rotatable bonds is 5. The van der Waals surface area contributed by atoms with Gasteiger partial charge < -0.3 is 4.52 Å². The van der Waals surface area contributed by atoms with Crippen LogP contribution in [-0.2, 0) is 13.0 Å². The van der Waals surface area contributed by atoms with Gasteiger partial charge in [-0.25, -0.2) is 0 Å². The molecule has 0 saturated carbocycles. The second-order valence-corrected chi connectivity index (χ2v) is 7.07. The number of hydrogen-bond donors (Lipinski definition) is 0. The Kier molecular flexibility index (Phi) is 5.27. The Hall–Kier alpha value is -2.97. The van der Waals surface area contributed by atoms with Crippen molar-refractivity contribution >= 4 is 0 Å². The molecule has 0 amide bonds. The summed E-state index contributed by atoms with van der Waals surface area (Å²) in [6.45, 7) is 2.88. The molecule has 1 aromatic heterocycles. The smallest absolute Gasteiger partial charge is 0.229 e. The van der Waals surface area contributed by atoms with Crippen LogP contribution in [0.4, 0.5) is 0 Å². The summed E-state index contributed by atoms with van der Waals surface area (Å²) < 4.78 is 5.54. The van der Waals surface area contributed by atoms with Crippen molar-refractivity contribution in [1.82, 2.24) is 15.0 Å². The molecule has 136 valence electrons. The summed E-state index contributed by atoms with van der Waals surface area (Å²) >= 11 is 0. The molecule has 0 atom stereocenters. The van der Waals surface area contributed by atoms with E-state index in [-0.39, 0.29) is 0 Å². The number of nitriles is 1. The van der Waals surface area contributed by atoms with Crippen molar-refractivity contribution in [2.45, 2.75) is 31.7 Å². The maximum atomic E-state index is 9.04.